The lowest BCUT2D eigenvalue weighted by atomic mass is 10.2. The minimum atomic E-state index is 0.718. The molecular formula is C17H24N6S. The first-order chi connectivity index (χ1) is 11.7. The average Bonchev–Trinajstić information content (AvgIpc) is 2.92. The molecule has 0 amide bonds. The molecule has 2 aromatic heterocycles. The van der Waals surface area contributed by atoms with Crippen LogP contribution in [0.25, 0.3) is 22.1 Å². The number of nitrogen functional groups attached to an aromatic ring is 1. The Balaban J connectivity index is 1.70. The van der Waals surface area contributed by atoms with Crippen LogP contribution in [-0.4, -0.2) is 50.5 Å². The fourth-order valence-electron chi connectivity index (χ4n) is 2.87. The zero-order valence-corrected chi connectivity index (χ0v) is 15.1. The highest BCUT2D eigenvalue weighted by Gasteiger charge is 2.10. The van der Waals surface area contributed by atoms with E-state index >= 15 is 0 Å². The molecule has 7 heteroatoms. The first-order valence-corrected chi connectivity index (χ1v) is 9.46. The summed E-state index contributed by atoms with van der Waals surface area (Å²) in [6.07, 6.45) is 2.37. The van der Waals surface area contributed by atoms with Gasteiger partial charge in [0, 0.05) is 28.9 Å². The number of hydrogen-bond acceptors (Lipinski definition) is 6. The van der Waals surface area contributed by atoms with E-state index in [-0.39, 0.29) is 0 Å². The summed E-state index contributed by atoms with van der Waals surface area (Å²) in [6, 6.07) is 5.73. The van der Waals surface area contributed by atoms with Crippen molar-refractivity contribution in [1.29, 1.82) is 0 Å². The van der Waals surface area contributed by atoms with Crippen LogP contribution in [0.2, 0.25) is 0 Å². The first-order valence-electron chi connectivity index (χ1n) is 8.48. The fourth-order valence-corrected chi connectivity index (χ4v) is 3.66. The molecule has 2 heterocycles. The van der Waals surface area contributed by atoms with Crippen molar-refractivity contribution in [2.45, 2.75) is 31.8 Å². The molecule has 0 unspecified atom stereocenters. The summed E-state index contributed by atoms with van der Waals surface area (Å²) < 4.78 is 0. The third-order valence-corrected chi connectivity index (χ3v) is 4.76. The fraction of sp³-hybridized carbons (Fsp3) is 0.471. The monoisotopic (exact) mass is 344 g/mol. The number of benzene rings is 1. The van der Waals surface area contributed by atoms with Gasteiger partial charge in [-0.05, 0) is 44.1 Å². The Hall–Kier alpha value is -1.86. The van der Waals surface area contributed by atoms with E-state index < -0.39 is 0 Å². The molecule has 0 fully saturated rings. The molecule has 0 spiro atoms. The van der Waals surface area contributed by atoms with Gasteiger partial charge in [-0.3, -0.25) is 0 Å². The van der Waals surface area contributed by atoms with E-state index in [0.717, 1.165) is 58.3 Å². The molecule has 24 heavy (non-hydrogen) atoms. The second-order valence-electron chi connectivity index (χ2n) is 5.91. The molecule has 128 valence electrons. The van der Waals surface area contributed by atoms with E-state index in [4.69, 9.17) is 5.73 Å². The van der Waals surface area contributed by atoms with Crippen molar-refractivity contribution in [2.75, 3.05) is 31.1 Å². The Morgan fingerprint density at radius 2 is 1.92 bits per heavy atom. The summed E-state index contributed by atoms with van der Waals surface area (Å²) in [4.78, 5) is 10.4. The molecule has 0 aliphatic heterocycles. The highest BCUT2D eigenvalue weighted by atomic mass is 32.2. The second-order valence-corrected chi connectivity index (χ2v) is 6.97. The number of nitrogens with zero attached hydrogens (tertiary/aromatic N) is 4. The van der Waals surface area contributed by atoms with Gasteiger partial charge >= 0.3 is 0 Å². The molecule has 3 N–H and O–H groups in total. The zero-order valence-electron chi connectivity index (χ0n) is 14.2. The van der Waals surface area contributed by atoms with Crippen molar-refractivity contribution >= 4 is 39.5 Å². The van der Waals surface area contributed by atoms with Crippen molar-refractivity contribution in [1.82, 2.24) is 25.1 Å². The van der Waals surface area contributed by atoms with Crippen molar-refractivity contribution in [3.8, 4) is 0 Å². The minimum absolute atomic E-state index is 0.718. The molecule has 0 bridgehead atoms. The molecule has 0 atom stereocenters. The van der Waals surface area contributed by atoms with Gasteiger partial charge in [0.1, 0.15) is 5.52 Å². The normalized spacial score (nSPS) is 11.8. The van der Waals surface area contributed by atoms with Gasteiger partial charge in [0.15, 0.2) is 5.65 Å². The van der Waals surface area contributed by atoms with Gasteiger partial charge in [-0.15, -0.1) is 10.2 Å². The summed E-state index contributed by atoms with van der Waals surface area (Å²) in [5, 5.41) is 10.3. The van der Waals surface area contributed by atoms with Gasteiger partial charge in [-0.25, -0.2) is 4.98 Å². The largest absolute Gasteiger partial charge is 0.399 e. The van der Waals surface area contributed by atoms with Crippen LogP contribution in [-0.2, 0) is 0 Å². The molecule has 0 aliphatic carbocycles. The Labute approximate surface area is 146 Å². The second kappa shape index (κ2) is 7.81. The van der Waals surface area contributed by atoms with Gasteiger partial charge in [0.25, 0.3) is 0 Å². The number of H-pyrrole nitrogens is 1. The summed E-state index contributed by atoms with van der Waals surface area (Å²) in [5.41, 5.74) is 9.11. The lowest BCUT2D eigenvalue weighted by Gasteiger charge is -2.20. The number of rotatable bonds is 8. The molecule has 0 saturated carbocycles. The molecule has 0 aliphatic rings. The lowest BCUT2D eigenvalue weighted by Crippen LogP contribution is -2.27. The van der Waals surface area contributed by atoms with Crippen LogP contribution in [0.3, 0.4) is 0 Å². The van der Waals surface area contributed by atoms with E-state index in [2.05, 4.69) is 38.9 Å². The Morgan fingerprint density at radius 1 is 1.12 bits per heavy atom. The lowest BCUT2D eigenvalue weighted by molar-refractivity contribution is 0.292. The maximum atomic E-state index is 5.86. The zero-order chi connectivity index (χ0) is 16.9. The number of fused-ring (bicyclic) bond motifs is 3. The van der Waals surface area contributed by atoms with E-state index in [1.54, 1.807) is 11.8 Å². The summed E-state index contributed by atoms with van der Waals surface area (Å²) >= 11 is 1.66. The van der Waals surface area contributed by atoms with Crippen molar-refractivity contribution in [3.63, 3.8) is 0 Å². The van der Waals surface area contributed by atoms with Gasteiger partial charge in [-0.2, -0.15) is 0 Å². The molecule has 0 saturated heterocycles. The molecule has 6 nitrogen and oxygen atoms in total. The number of nitrogens with one attached hydrogen (secondary N) is 1. The van der Waals surface area contributed by atoms with Crippen LogP contribution in [0.1, 0.15) is 26.7 Å². The molecule has 3 rings (SSSR count). The van der Waals surface area contributed by atoms with Crippen molar-refractivity contribution in [3.05, 3.63) is 18.2 Å². The maximum Gasteiger partial charge on any atom is 0.211 e. The third kappa shape index (κ3) is 3.79. The van der Waals surface area contributed by atoms with Gasteiger partial charge in [0.2, 0.25) is 5.16 Å². The summed E-state index contributed by atoms with van der Waals surface area (Å²) in [5.74, 6) is 0.973. The van der Waals surface area contributed by atoms with Crippen molar-refractivity contribution in [2.24, 2.45) is 0 Å². The van der Waals surface area contributed by atoms with E-state index in [1.165, 1.54) is 12.8 Å². The number of aromatic amines is 1. The van der Waals surface area contributed by atoms with Crippen LogP contribution in [0.15, 0.2) is 23.4 Å². The van der Waals surface area contributed by atoms with Crippen LogP contribution < -0.4 is 5.73 Å². The number of aromatic nitrogens is 4. The Morgan fingerprint density at radius 3 is 2.67 bits per heavy atom. The van der Waals surface area contributed by atoms with Crippen LogP contribution in [0.5, 0.6) is 0 Å². The quantitative estimate of drug-likeness (QED) is 0.482. The van der Waals surface area contributed by atoms with Crippen LogP contribution >= 0.6 is 11.8 Å². The number of anilines is 1. The van der Waals surface area contributed by atoms with Gasteiger partial charge < -0.3 is 15.6 Å². The van der Waals surface area contributed by atoms with Crippen molar-refractivity contribution < 1.29 is 0 Å². The standard InChI is InChI=1S/C17H24N6S/c1-3-7-23(8-4-2)9-10-24-17-20-16-15(21-22-17)13-11-12(18)5-6-14(13)19-16/h5-6,11H,3-4,7-10,18H2,1-2H3,(H,19,20,22). The maximum absolute atomic E-state index is 5.86. The van der Waals surface area contributed by atoms with Crippen LogP contribution in [0.4, 0.5) is 5.69 Å². The highest BCUT2D eigenvalue weighted by molar-refractivity contribution is 7.99. The first kappa shape index (κ1) is 17.0. The predicted molar refractivity (Wildman–Crippen MR) is 101 cm³/mol. The average molecular weight is 344 g/mol. The van der Waals surface area contributed by atoms with Gasteiger partial charge in [0.05, 0.1) is 0 Å². The SMILES string of the molecule is CCCN(CCC)CCSc1nnc2c(n1)[nH]c1ccc(N)cc12. The third-order valence-electron chi connectivity index (χ3n) is 3.94. The molecule has 0 radical (unpaired) electrons. The summed E-state index contributed by atoms with van der Waals surface area (Å²) in [7, 11) is 0. The number of hydrogen-bond donors (Lipinski definition) is 2. The number of thioether (sulfide) groups is 1. The topological polar surface area (TPSA) is 83.7 Å². The van der Waals surface area contributed by atoms with E-state index in [0.29, 0.717) is 0 Å². The predicted octanol–water partition coefficient (Wildman–Crippen LogP) is 3.30. The minimum Gasteiger partial charge on any atom is -0.399 e. The molecule has 1 aromatic carbocycles. The highest BCUT2D eigenvalue weighted by Crippen LogP contribution is 2.25. The summed E-state index contributed by atoms with van der Waals surface area (Å²) in [6.45, 7) is 7.79. The van der Waals surface area contributed by atoms with E-state index in [9.17, 15) is 0 Å². The van der Waals surface area contributed by atoms with Crippen LogP contribution in [0, 0.1) is 0 Å². The molecule has 3 aromatic rings. The molecular weight excluding hydrogens is 320 g/mol. The Kier molecular flexibility index (Phi) is 5.52. The smallest absolute Gasteiger partial charge is 0.211 e. The number of nitrogens with two attached hydrogens (primary N) is 1. The Bertz CT molecular complexity index is 809. The van der Waals surface area contributed by atoms with E-state index in [1.807, 2.05) is 18.2 Å². The van der Waals surface area contributed by atoms with Gasteiger partial charge in [-0.1, -0.05) is 25.6 Å².